The van der Waals surface area contributed by atoms with E-state index in [0.717, 1.165) is 19.3 Å². The first-order valence-corrected chi connectivity index (χ1v) is 8.70. The summed E-state index contributed by atoms with van der Waals surface area (Å²) in [5.41, 5.74) is 0. The van der Waals surface area contributed by atoms with E-state index >= 15 is 0 Å². The lowest BCUT2D eigenvalue weighted by atomic mass is 10.1. The van der Waals surface area contributed by atoms with Gasteiger partial charge in [0.2, 0.25) is 0 Å². The molecule has 0 bridgehead atoms. The highest BCUT2D eigenvalue weighted by atomic mass is 16.4. The van der Waals surface area contributed by atoms with E-state index in [0.29, 0.717) is 12.8 Å². The van der Waals surface area contributed by atoms with Crippen LogP contribution in [0.4, 0.5) is 0 Å². The second-order valence-electron chi connectivity index (χ2n) is 5.58. The maximum Gasteiger partial charge on any atom is 0.303 e. The molecular weight excluding hydrogens is 288 g/mol. The molecule has 0 radical (unpaired) electrons. The van der Waals surface area contributed by atoms with Gasteiger partial charge in [-0.1, -0.05) is 68.4 Å². The van der Waals surface area contributed by atoms with E-state index in [9.17, 15) is 9.90 Å². The van der Waals surface area contributed by atoms with Gasteiger partial charge in [0, 0.05) is 6.42 Å². The van der Waals surface area contributed by atoms with Crippen molar-refractivity contribution in [1.29, 1.82) is 0 Å². The Morgan fingerprint density at radius 1 is 0.957 bits per heavy atom. The third-order valence-electron chi connectivity index (χ3n) is 3.30. The van der Waals surface area contributed by atoms with Gasteiger partial charge < -0.3 is 10.2 Å². The van der Waals surface area contributed by atoms with Gasteiger partial charge in [-0.3, -0.25) is 4.79 Å². The first-order chi connectivity index (χ1) is 11.2. The third-order valence-corrected chi connectivity index (χ3v) is 3.30. The van der Waals surface area contributed by atoms with Gasteiger partial charge >= 0.3 is 5.97 Å². The maximum atomic E-state index is 10.3. The highest BCUT2D eigenvalue weighted by Gasteiger charge is 1.93. The average molecular weight is 320 g/mol. The summed E-state index contributed by atoms with van der Waals surface area (Å²) in [6.07, 6.45) is 23.5. The Labute approximate surface area is 141 Å². The molecule has 0 aromatic rings. The van der Waals surface area contributed by atoms with Crippen molar-refractivity contribution >= 4 is 5.97 Å². The first-order valence-electron chi connectivity index (χ1n) is 8.70. The predicted molar refractivity (Wildman–Crippen MR) is 97.4 cm³/mol. The molecule has 0 spiro atoms. The standard InChI is InChI=1S/C20H32O3/c1-2-3-4-5-10-13-16-19(21)17-14-11-8-6-7-9-12-15-18-20(22)23/h7-11,13-14,17,19,21H,2-6,12,15-16,18H2,1H3,(H,22,23)/b9-7+,11-8-,13-10+,17-14+/t19-/m0/s1. The van der Waals surface area contributed by atoms with Gasteiger partial charge in [0.25, 0.3) is 0 Å². The fourth-order valence-electron chi connectivity index (χ4n) is 1.96. The van der Waals surface area contributed by atoms with Crippen LogP contribution in [0.25, 0.3) is 0 Å². The summed E-state index contributed by atoms with van der Waals surface area (Å²) >= 11 is 0. The second kappa shape index (κ2) is 16.8. The van der Waals surface area contributed by atoms with E-state index in [1.54, 1.807) is 6.08 Å². The van der Waals surface area contributed by atoms with E-state index < -0.39 is 12.1 Å². The van der Waals surface area contributed by atoms with Gasteiger partial charge in [0.05, 0.1) is 6.10 Å². The lowest BCUT2D eigenvalue weighted by Crippen LogP contribution is -1.98. The smallest absolute Gasteiger partial charge is 0.303 e. The molecule has 3 nitrogen and oxygen atoms in total. The van der Waals surface area contributed by atoms with E-state index in [2.05, 4.69) is 13.0 Å². The highest BCUT2D eigenvalue weighted by molar-refractivity contribution is 5.66. The van der Waals surface area contributed by atoms with Crippen LogP contribution in [-0.4, -0.2) is 22.3 Å². The molecule has 1 atom stereocenters. The summed E-state index contributed by atoms with van der Waals surface area (Å²) in [4.78, 5) is 10.3. The Balaban J connectivity index is 3.62. The second-order valence-corrected chi connectivity index (χ2v) is 5.58. The van der Waals surface area contributed by atoms with Crippen LogP contribution in [0.3, 0.4) is 0 Å². The van der Waals surface area contributed by atoms with Gasteiger partial charge in [0.15, 0.2) is 0 Å². The van der Waals surface area contributed by atoms with Crippen LogP contribution in [-0.2, 0) is 4.79 Å². The minimum absolute atomic E-state index is 0.230. The molecular formula is C20H32O3. The van der Waals surface area contributed by atoms with Crippen LogP contribution >= 0.6 is 0 Å². The molecule has 130 valence electrons. The Morgan fingerprint density at radius 3 is 2.43 bits per heavy atom. The number of rotatable bonds is 14. The molecule has 0 aliphatic heterocycles. The lowest BCUT2D eigenvalue weighted by molar-refractivity contribution is -0.137. The Hall–Kier alpha value is -1.61. The van der Waals surface area contributed by atoms with Crippen molar-refractivity contribution in [1.82, 2.24) is 0 Å². The number of carboxylic acids is 1. The van der Waals surface area contributed by atoms with Crippen molar-refractivity contribution in [2.24, 2.45) is 0 Å². The molecule has 0 aliphatic rings. The molecule has 0 rings (SSSR count). The van der Waals surface area contributed by atoms with Crippen molar-refractivity contribution in [3.8, 4) is 0 Å². The van der Waals surface area contributed by atoms with Gasteiger partial charge in [-0.15, -0.1) is 0 Å². The predicted octanol–water partition coefficient (Wildman–Crippen LogP) is 5.19. The Bertz CT molecular complexity index is 392. The summed E-state index contributed by atoms with van der Waals surface area (Å²) in [5.74, 6) is -0.738. The molecule has 23 heavy (non-hydrogen) atoms. The monoisotopic (exact) mass is 320 g/mol. The van der Waals surface area contributed by atoms with Crippen molar-refractivity contribution < 1.29 is 15.0 Å². The van der Waals surface area contributed by atoms with E-state index in [4.69, 9.17) is 5.11 Å². The van der Waals surface area contributed by atoms with Crippen LogP contribution in [0.15, 0.2) is 48.6 Å². The molecule has 0 amide bonds. The number of hydrogen-bond donors (Lipinski definition) is 2. The van der Waals surface area contributed by atoms with Crippen LogP contribution in [0.2, 0.25) is 0 Å². The van der Waals surface area contributed by atoms with Crippen molar-refractivity contribution in [3.05, 3.63) is 48.6 Å². The van der Waals surface area contributed by atoms with Crippen LogP contribution < -0.4 is 0 Å². The molecule has 0 aliphatic carbocycles. The molecule has 0 aromatic carbocycles. The normalized spacial score (nSPS) is 13.8. The molecule has 2 N–H and O–H groups in total. The summed E-state index contributed by atoms with van der Waals surface area (Å²) in [6, 6.07) is 0. The topological polar surface area (TPSA) is 57.5 Å². The van der Waals surface area contributed by atoms with Crippen LogP contribution in [0.5, 0.6) is 0 Å². The molecule has 0 saturated carbocycles. The number of carbonyl (C=O) groups is 1. The number of unbranched alkanes of at least 4 members (excludes halogenated alkanes) is 4. The summed E-state index contributed by atoms with van der Waals surface area (Å²) in [7, 11) is 0. The zero-order chi connectivity index (χ0) is 17.2. The summed E-state index contributed by atoms with van der Waals surface area (Å²) in [6.45, 7) is 2.20. The average Bonchev–Trinajstić information content (AvgIpc) is 2.52. The van der Waals surface area contributed by atoms with E-state index in [1.807, 2.05) is 36.5 Å². The van der Waals surface area contributed by atoms with Gasteiger partial charge in [-0.2, -0.15) is 0 Å². The zero-order valence-electron chi connectivity index (χ0n) is 14.4. The maximum absolute atomic E-state index is 10.3. The number of aliphatic hydroxyl groups excluding tert-OH is 1. The summed E-state index contributed by atoms with van der Waals surface area (Å²) < 4.78 is 0. The number of allylic oxidation sites excluding steroid dienone is 6. The number of aliphatic hydroxyl groups is 1. The third kappa shape index (κ3) is 18.3. The van der Waals surface area contributed by atoms with Crippen molar-refractivity contribution in [2.75, 3.05) is 0 Å². The molecule has 0 saturated heterocycles. The lowest BCUT2D eigenvalue weighted by Gasteiger charge is -1.99. The van der Waals surface area contributed by atoms with Gasteiger partial charge in [-0.25, -0.2) is 0 Å². The summed E-state index contributed by atoms with van der Waals surface area (Å²) in [5, 5.41) is 18.3. The fourth-order valence-corrected chi connectivity index (χ4v) is 1.96. The molecule has 0 unspecified atom stereocenters. The van der Waals surface area contributed by atoms with Gasteiger partial charge in [-0.05, 0) is 38.5 Å². The number of hydrogen-bond acceptors (Lipinski definition) is 2. The van der Waals surface area contributed by atoms with Crippen molar-refractivity contribution in [2.45, 2.75) is 70.8 Å². The molecule has 3 heteroatoms. The highest BCUT2D eigenvalue weighted by Crippen LogP contribution is 2.02. The number of aliphatic carboxylic acids is 1. The van der Waals surface area contributed by atoms with Gasteiger partial charge in [0.1, 0.15) is 0 Å². The molecule has 0 aromatic heterocycles. The first kappa shape index (κ1) is 21.4. The Kier molecular flexibility index (Phi) is 15.6. The fraction of sp³-hybridized carbons (Fsp3) is 0.550. The largest absolute Gasteiger partial charge is 0.481 e. The molecule has 0 fully saturated rings. The quantitative estimate of drug-likeness (QED) is 0.263. The SMILES string of the molecule is CCCCC/C=C/C[C@H](O)/C=C/C=C\C/C=C/CCCC(=O)O. The minimum atomic E-state index is -0.738. The van der Waals surface area contributed by atoms with E-state index in [-0.39, 0.29) is 6.42 Å². The van der Waals surface area contributed by atoms with Crippen molar-refractivity contribution in [3.63, 3.8) is 0 Å². The van der Waals surface area contributed by atoms with Crippen LogP contribution in [0, 0.1) is 0 Å². The Morgan fingerprint density at radius 2 is 1.70 bits per heavy atom. The minimum Gasteiger partial charge on any atom is -0.481 e. The van der Waals surface area contributed by atoms with Crippen LogP contribution in [0.1, 0.15) is 64.7 Å². The zero-order valence-corrected chi connectivity index (χ0v) is 14.4. The van der Waals surface area contributed by atoms with E-state index in [1.165, 1.54) is 19.3 Å². The molecule has 0 heterocycles. The number of carboxylic acid groups (broad SMARTS) is 1.